The minimum atomic E-state index is 0.245. The topological polar surface area (TPSA) is 21.3 Å². The molecular weight excluding hydrogens is 282 g/mol. The highest BCUT2D eigenvalue weighted by Crippen LogP contribution is 2.20. The zero-order valence-electron chi connectivity index (χ0n) is 12.2. The van der Waals surface area contributed by atoms with Crippen LogP contribution >= 0.6 is 11.6 Å². The van der Waals surface area contributed by atoms with Crippen LogP contribution in [0.1, 0.15) is 24.1 Å². The maximum atomic E-state index is 5.91. The zero-order chi connectivity index (χ0) is 15.1. The lowest BCUT2D eigenvalue weighted by atomic mass is 10.1. The van der Waals surface area contributed by atoms with Gasteiger partial charge in [-0.15, -0.1) is 0 Å². The molecule has 0 saturated carbocycles. The van der Waals surface area contributed by atoms with Crippen molar-refractivity contribution >= 4 is 11.6 Å². The van der Waals surface area contributed by atoms with E-state index in [2.05, 4.69) is 24.9 Å². The van der Waals surface area contributed by atoms with Crippen LogP contribution in [0.3, 0.4) is 0 Å². The molecule has 2 aromatic rings. The molecule has 0 heterocycles. The maximum absolute atomic E-state index is 5.91. The van der Waals surface area contributed by atoms with E-state index in [0.29, 0.717) is 6.61 Å². The molecule has 0 aliphatic rings. The van der Waals surface area contributed by atoms with Gasteiger partial charge < -0.3 is 10.1 Å². The monoisotopic (exact) mass is 301 g/mol. The third-order valence-corrected chi connectivity index (χ3v) is 3.55. The van der Waals surface area contributed by atoms with E-state index in [1.165, 1.54) is 5.56 Å². The summed E-state index contributed by atoms with van der Waals surface area (Å²) in [6, 6.07) is 16.2. The van der Waals surface area contributed by atoms with Gasteiger partial charge in [-0.25, -0.2) is 0 Å². The van der Waals surface area contributed by atoms with Crippen molar-refractivity contribution in [3.63, 3.8) is 0 Å². The van der Waals surface area contributed by atoms with Crippen molar-refractivity contribution in [3.8, 4) is 5.75 Å². The zero-order valence-corrected chi connectivity index (χ0v) is 12.9. The fraction of sp³-hybridized carbons (Fsp3) is 0.222. The summed E-state index contributed by atoms with van der Waals surface area (Å²) in [4.78, 5) is 0. The summed E-state index contributed by atoms with van der Waals surface area (Å²) in [5.41, 5.74) is 2.35. The fourth-order valence-corrected chi connectivity index (χ4v) is 2.20. The fourth-order valence-electron chi connectivity index (χ4n) is 2.07. The second-order valence-electron chi connectivity index (χ2n) is 4.86. The van der Waals surface area contributed by atoms with Crippen LogP contribution in [0.2, 0.25) is 5.02 Å². The largest absolute Gasteiger partial charge is 0.489 e. The second-order valence-corrected chi connectivity index (χ2v) is 5.30. The molecule has 3 heteroatoms. The maximum Gasteiger partial charge on any atom is 0.124 e. The Hall–Kier alpha value is -1.77. The number of hydrogen-bond donors (Lipinski definition) is 1. The van der Waals surface area contributed by atoms with Crippen molar-refractivity contribution in [2.45, 2.75) is 19.5 Å². The average molecular weight is 302 g/mol. The van der Waals surface area contributed by atoms with Crippen molar-refractivity contribution in [1.82, 2.24) is 5.32 Å². The van der Waals surface area contributed by atoms with E-state index in [0.717, 1.165) is 22.9 Å². The minimum absolute atomic E-state index is 0.245. The van der Waals surface area contributed by atoms with E-state index in [-0.39, 0.29) is 6.04 Å². The van der Waals surface area contributed by atoms with Gasteiger partial charge in [-0.3, -0.25) is 0 Å². The lowest BCUT2D eigenvalue weighted by Gasteiger charge is -2.16. The third-order valence-electron chi connectivity index (χ3n) is 3.30. The molecule has 0 saturated heterocycles. The van der Waals surface area contributed by atoms with Gasteiger partial charge >= 0.3 is 0 Å². The summed E-state index contributed by atoms with van der Waals surface area (Å²) in [7, 11) is 0. The molecule has 0 aliphatic heterocycles. The average Bonchev–Trinajstić information content (AvgIpc) is 2.52. The molecule has 21 heavy (non-hydrogen) atoms. The van der Waals surface area contributed by atoms with Gasteiger partial charge in [0.05, 0.1) is 0 Å². The number of benzene rings is 2. The van der Waals surface area contributed by atoms with E-state index >= 15 is 0 Å². The van der Waals surface area contributed by atoms with Crippen molar-refractivity contribution in [1.29, 1.82) is 0 Å². The van der Waals surface area contributed by atoms with E-state index in [9.17, 15) is 0 Å². The first-order valence-electron chi connectivity index (χ1n) is 7.01. The van der Waals surface area contributed by atoms with Gasteiger partial charge in [0.2, 0.25) is 0 Å². The summed E-state index contributed by atoms with van der Waals surface area (Å²) < 4.78 is 5.66. The van der Waals surface area contributed by atoms with Crippen LogP contribution in [-0.2, 0) is 6.54 Å². The van der Waals surface area contributed by atoms with Gasteiger partial charge in [-0.2, -0.15) is 0 Å². The van der Waals surface area contributed by atoms with Crippen molar-refractivity contribution < 1.29 is 4.74 Å². The first-order chi connectivity index (χ1) is 10.2. The van der Waals surface area contributed by atoms with Crippen LogP contribution in [-0.4, -0.2) is 6.61 Å². The number of halogens is 1. The molecule has 0 amide bonds. The minimum Gasteiger partial charge on any atom is -0.489 e. The highest BCUT2D eigenvalue weighted by atomic mass is 35.5. The van der Waals surface area contributed by atoms with Gasteiger partial charge in [0.1, 0.15) is 12.4 Å². The highest BCUT2D eigenvalue weighted by Gasteiger charge is 2.07. The first kappa shape index (κ1) is 15.6. The Labute approximate surface area is 131 Å². The predicted molar refractivity (Wildman–Crippen MR) is 88.8 cm³/mol. The molecule has 0 spiro atoms. The molecule has 0 radical (unpaired) electrons. The van der Waals surface area contributed by atoms with Crippen LogP contribution in [0.25, 0.3) is 0 Å². The summed E-state index contributed by atoms with van der Waals surface area (Å²) in [5.74, 6) is 0.896. The second kappa shape index (κ2) is 7.87. The Kier molecular flexibility index (Phi) is 5.85. The molecule has 0 aliphatic carbocycles. The first-order valence-corrected chi connectivity index (χ1v) is 7.39. The lowest BCUT2D eigenvalue weighted by molar-refractivity contribution is 0.357. The summed E-state index contributed by atoms with van der Waals surface area (Å²) in [6.07, 6.45) is 1.75. The van der Waals surface area contributed by atoms with Gasteiger partial charge in [-0.1, -0.05) is 54.6 Å². The molecule has 2 rings (SSSR count). The number of ether oxygens (including phenoxy) is 1. The quantitative estimate of drug-likeness (QED) is 0.745. The summed E-state index contributed by atoms with van der Waals surface area (Å²) in [6.45, 7) is 7.08. The van der Waals surface area contributed by atoms with Crippen LogP contribution in [0, 0.1) is 0 Å². The standard InChI is InChI=1S/C18H20ClNO/c1-3-12-21-18-7-5-4-6-16(18)13-20-14(2)15-8-10-17(19)11-9-15/h3-11,14,20H,1,12-13H2,2H3/t14-/m1/s1. The third kappa shape index (κ3) is 4.62. The summed E-state index contributed by atoms with van der Waals surface area (Å²) >= 11 is 5.91. The van der Waals surface area contributed by atoms with Crippen molar-refractivity contribution in [2.75, 3.05) is 6.61 Å². The number of hydrogen-bond acceptors (Lipinski definition) is 2. The summed E-state index contributed by atoms with van der Waals surface area (Å²) in [5, 5.41) is 4.26. The highest BCUT2D eigenvalue weighted by molar-refractivity contribution is 6.30. The molecule has 1 N–H and O–H groups in total. The molecule has 0 bridgehead atoms. The predicted octanol–water partition coefficient (Wildman–Crippen LogP) is 4.76. The number of para-hydroxylation sites is 1. The number of rotatable bonds is 7. The van der Waals surface area contributed by atoms with Crippen molar-refractivity contribution in [2.24, 2.45) is 0 Å². The van der Waals surface area contributed by atoms with Gasteiger partial charge in [0, 0.05) is 23.2 Å². The number of nitrogens with one attached hydrogen (secondary N) is 1. The smallest absolute Gasteiger partial charge is 0.124 e. The van der Waals surface area contributed by atoms with Gasteiger partial charge in [0.25, 0.3) is 0 Å². The van der Waals surface area contributed by atoms with Gasteiger partial charge in [-0.05, 0) is 30.7 Å². The van der Waals surface area contributed by atoms with Crippen LogP contribution < -0.4 is 10.1 Å². The van der Waals surface area contributed by atoms with E-state index < -0.39 is 0 Å². The lowest BCUT2D eigenvalue weighted by Crippen LogP contribution is -2.18. The molecule has 2 nitrogen and oxygen atoms in total. The molecule has 110 valence electrons. The SMILES string of the molecule is C=CCOc1ccccc1CN[C@H](C)c1ccc(Cl)cc1. The molecule has 0 aromatic heterocycles. The van der Waals surface area contributed by atoms with Crippen LogP contribution in [0.15, 0.2) is 61.2 Å². The Balaban J connectivity index is 1.99. The van der Waals surface area contributed by atoms with Crippen molar-refractivity contribution in [3.05, 3.63) is 77.3 Å². The van der Waals surface area contributed by atoms with E-state index in [1.54, 1.807) is 6.08 Å². The molecule has 2 aromatic carbocycles. The van der Waals surface area contributed by atoms with Crippen LogP contribution in [0.5, 0.6) is 5.75 Å². The van der Waals surface area contributed by atoms with E-state index in [1.807, 2.05) is 42.5 Å². The normalized spacial score (nSPS) is 11.9. The Morgan fingerprint density at radius 2 is 1.90 bits per heavy atom. The molecule has 0 fully saturated rings. The Morgan fingerprint density at radius 3 is 2.62 bits per heavy atom. The molecular formula is C18H20ClNO. The Morgan fingerprint density at radius 1 is 1.19 bits per heavy atom. The Bertz CT molecular complexity index is 580. The molecule has 0 unspecified atom stereocenters. The van der Waals surface area contributed by atoms with E-state index in [4.69, 9.17) is 16.3 Å². The molecule has 1 atom stereocenters. The van der Waals surface area contributed by atoms with Gasteiger partial charge in [0.15, 0.2) is 0 Å². The van der Waals surface area contributed by atoms with Crippen LogP contribution in [0.4, 0.5) is 0 Å².